The molecule has 1 aromatic carbocycles. The highest BCUT2D eigenvalue weighted by atomic mass is 16.5. The van der Waals surface area contributed by atoms with Crippen LogP contribution in [0.5, 0.6) is 0 Å². The summed E-state index contributed by atoms with van der Waals surface area (Å²) >= 11 is 0. The Hall–Kier alpha value is -0.820. The van der Waals surface area contributed by atoms with Crippen molar-refractivity contribution in [2.24, 2.45) is 5.92 Å². The van der Waals surface area contributed by atoms with E-state index in [1.54, 1.807) is 7.11 Å². The average Bonchev–Trinajstić information content (AvgIpc) is 2.04. The molecule has 0 saturated carbocycles. The first-order valence-electron chi connectivity index (χ1n) is 4.79. The zero-order valence-electron chi connectivity index (χ0n) is 8.71. The summed E-state index contributed by atoms with van der Waals surface area (Å²) in [5.41, 5.74) is 2.67. The summed E-state index contributed by atoms with van der Waals surface area (Å²) in [5, 5.41) is 0. The molecule has 1 nitrogen and oxygen atoms in total. The van der Waals surface area contributed by atoms with Crippen molar-refractivity contribution < 1.29 is 4.74 Å². The first-order valence-corrected chi connectivity index (χ1v) is 4.79. The van der Waals surface area contributed by atoms with Crippen molar-refractivity contribution in [1.29, 1.82) is 0 Å². The number of methoxy groups -OCH3 is 1. The summed E-state index contributed by atoms with van der Waals surface area (Å²) in [6.07, 6.45) is 1.15. The molecule has 0 amide bonds. The van der Waals surface area contributed by atoms with Crippen LogP contribution in [0.3, 0.4) is 0 Å². The van der Waals surface area contributed by atoms with Crippen molar-refractivity contribution in [1.82, 2.24) is 0 Å². The Kier molecular flexibility index (Phi) is 3.97. The minimum atomic E-state index is 0.714. The lowest BCUT2D eigenvalue weighted by Crippen LogP contribution is -1.95. The SMILES string of the molecule is COCc1cccc(CC(C)C)c1. The number of benzene rings is 1. The van der Waals surface area contributed by atoms with Gasteiger partial charge in [-0.1, -0.05) is 38.1 Å². The Morgan fingerprint density at radius 1 is 1.23 bits per heavy atom. The van der Waals surface area contributed by atoms with E-state index in [1.807, 2.05) is 0 Å². The van der Waals surface area contributed by atoms with Crippen molar-refractivity contribution in [2.75, 3.05) is 7.11 Å². The normalized spacial score (nSPS) is 10.8. The molecule has 0 atom stereocenters. The molecule has 0 bridgehead atoms. The highest BCUT2D eigenvalue weighted by molar-refractivity contribution is 5.23. The summed E-state index contributed by atoms with van der Waals surface area (Å²) in [7, 11) is 1.73. The van der Waals surface area contributed by atoms with Crippen molar-refractivity contribution in [3.63, 3.8) is 0 Å². The van der Waals surface area contributed by atoms with E-state index in [9.17, 15) is 0 Å². The molecule has 1 aromatic rings. The van der Waals surface area contributed by atoms with Crippen LogP contribution < -0.4 is 0 Å². The molecule has 0 N–H and O–H groups in total. The fraction of sp³-hybridized carbons (Fsp3) is 0.500. The molecular formula is C12H18O. The molecule has 0 fully saturated rings. The molecule has 0 aliphatic heterocycles. The van der Waals surface area contributed by atoms with Gasteiger partial charge in [0.1, 0.15) is 0 Å². The van der Waals surface area contributed by atoms with Gasteiger partial charge in [0.2, 0.25) is 0 Å². The lowest BCUT2D eigenvalue weighted by molar-refractivity contribution is 0.185. The molecule has 0 heterocycles. The summed E-state index contributed by atoms with van der Waals surface area (Å²) in [6, 6.07) is 8.61. The average molecular weight is 178 g/mol. The third-order valence-corrected chi connectivity index (χ3v) is 1.95. The minimum absolute atomic E-state index is 0.714. The van der Waals surface area contributed by atoms with E-state index < -0.39 is 0 Å². The Labute approximate surface area is 80.7 Å². The van der Waals surface area contributed by atoms with E-state index >= 15 is 0 Å². The second-order valence-corrected chi connectivity index (χ2v) is 3.85. The van der Waals surface area contributed by atoms with Gasteiger partial charge in [-0.2, -0.15) is 0 Å². The van der Waals surface area contributed by atoms with Gasteiger partial charge < -0.3 is 4.74 Å². The molecular weight excluding hydrogens is 160 g/mol. The van der Waals surface area contributed by atoms with Crippen LogP contribution in [0, 0.1) is 5.92 Å². The van der Waals surface area contributed by atoms with Crippen molar-refractivity contribution in [3.8, 4) is 0 Å². The smallest absolute Gasteiger partial charge is 0.0713 e. The maximum absolute atomic E-state index is 5.09. The topological polar surface area (TPSA) is 9.23 Å². The molecule has 1 rings (SSSR count). The van der Waals surface area contributed by atoms with Crippen molar-refractivity contribution in [3.05, 3.63) is 35.4 Å². The third-order valence-electron chi connectivity index (χ3n) is 1.95. The fourth-order valence-electron chi connectivity index (χ4n) is 1.48. The van der Waals surface area contributed by atoms with E-state index in [4.69, 9.17) is 4.74 Å². The molecule has 0 spiro atoms. The van der Waals surface area contributed by atoms with Crippen LogP contribution in [0.25, 0.3) is 0 Å². The zero-order valence-corrected chi connectivity index (χ0v) is 8.71. The Balaban J connectivity index is 2.67. The number of hydrogen-bond acceptors (Lipinski definition) is 1. The highest BCUT2D eigenvalue weighted by Crippen LogP contribution is 2.10. The van der Waals surface area contributed by atoms with Gasteiger partial charge >= 0.3 is 0 Å². The van der Waals surface area contributed by atoms with E-state index in [1.165, 1.54) is 11.1 Å². The summed E-state index contributed by atoms with van der Waals surface area (Å²) in [5.74, 6) is 0.720. The van der Waals surface area contributed by atoms with Gasteiger partial charge in [-0.15, -0.1) is 0 Å². The van der Waals surface area contributed by atoms with E-state index in [0.717, 1.165) is 12.3 Å². The maximum Gasteiger partial charge on any atom is 0.0713 e. The van der Waals surface area contributed by atoms with Crippen molar-refractivity contribution in [2.45, 2.75) is 26.9 Å². The molecule has 72 valence electrons. The molecule has 0 aromatic heterocycles. The van der Waals surface area contributed by atoms with Crippen LogP contribution in [0.15, 0.2) is 24.3 Å². The molecule has 0 radical (unpaired) electrons. The third kappa shape index (κ3) is 3.60. The van der Waals surface area contributed by atoms with Gasteiger partial charge in [0.25, 0.3) is 0 Å². The van der Waals surface area contributed by atoms with Crippen molar-refractivity contribution >= 4 is 0 Å². The Morgan fingerprint density at radius 3 is 2.54 bits per heavy atom. The first kappa shape index (κ1) is 10.3. The summed E-state index contributed by atoms with van der Waals surface area (Å²) in [6.45, 7) is 5.19. The van der Waals surface area contributed by atoms with Crippen LogP contribution in [-0.4, -0.2) is 7.11 Å². The van der Waals surface area contributed by atoms with Crippen LogP contribution in [0.2, 0.25) is 0 Å². The molecule has 0 saturated heterocycles. The predicted octanol–water partition coefficient (Wildman–Crippen LogP) is 3.03. The number of ether oxygens (including phenoxy) is 1. The summed E-state index contributed by atoms with van der Waals surface area (Å²) in [4.78, 5) is 0. The van der Waals surface area contributed by atoms with Crippen LogP contribution in [0.4, 0.5) is 0 Å². The number of rotatable bonds is 4. The largest absolute Gasteiger partial charge is 0.380 e. The van der Waals surface area contributed by atoms with Gasteiger partial charge in [0, 0.05) is 7.11 Å². The first-order chi connectivity index (χ1) is 6.22. The Morgan fingerprint density at radius 2 is 1.92 bits per heavy atom. The highest BCUT2D eigenvalue weighted by Gasteiger charge is 1.98. The zero-order chi connectivity index (χ0) is 9.68. The van der Waals surface area contributed by atoms with Crippen LogP contribution in [0.1, 0.15) is 25.0 Å². The number of hydrogen-bond donors (Lipinski definition) is 0. The second-order valence-electron chi connectivity index (χ2n) is 3.85. The molecule has 0 unspecified atom stereocenters. The van der Waals surface area contributed by atoms with Crippen LogP contribution in [-0.2, 0) is 17.8 Å². The lowest BCUT2D eigenvalue weighted by atomic mass is 10.0. The molecule has 0 aliphatic rings. The second kappa shape index (κ2) is 5.03. The van der Waals surface area contributed by atoms with Gasteiger partial charge in [0.05, 0.1) is 6.61 Å². The van der Waals surface area contributed by atoms with E-state index in [-0.39, 0.29) is 0 Å². The molecule has 0 aliphatic carbocycles. The molecule has 13 heavy (non-hydrogen) atoms. The van der Waals surface area contributed by atoms with E-state index in [2.05, 4.69) is 38.1 Å². The van der Waals surface area contributed by atoms with Crippen LogP contribution >= 0.6 is 0 Å². The standard InChI is InChI=1S/C12H18O/c1-10(2)7-11-5-4-6-12(8-11)9-13-3/h4-6,8,10H,7,9H2,1-3H3. The van der Waals surface area contributed by atoms with Gasteiger partial charge in [0.15, 0.2) is 0 Å². The maximum atomic E-state index is 5.09. The predicted molar refractivity (Wildman–Crippen MR) is 55.7 cm³/mol. The summed E-state index contributed by atoms with van der Waals surface area (Å²) < 4.78 is 5.09. The van der Waals surface area contributed by atoms with E-state index in [0.29, 0.717) is 6.61 Å². The monoisotopic (exact) mass is 178 g/mol. The Bertz CT molecular complexity index is 253. The molecule has 1 heteroatoms. The quantitative estimate of drug-likeness (QED) is 0.688. The van der Waals surface area contributed by atoms with Gasteiger partial charge in [-0.25, -0.2) is 0 Å². The lowest BCUT2D eigenvalue weighted by Gasteiger charge is -2.06. The van der Waals surface area contributed by atoms with Gasteiger partial charge in [-0.05, 0) is 23.5 Å². The van der Waals surface area contributed by atoms with Gasteiger partial charge in [-0.3, -0.25) is 0 Å². The fourth-order valence-corrected chi connectivity index (χ4v) is 1.48. The minimum Gasteiger partial charge on any atom is -0.380 e.